The van der Waals surface area contributed by atoms with Gasteiger partial charge in [-0.15, -0.1) is 0 Å². The van der Waals surface area contributed by atoms with E-state index in [1.165, 1.54) is 5.69 Å². The number of pyridine rings is 1. The number of aromatic nitrogens is 3. The number of nitrogens with one attached hydrogen (secondary N) is 2. The van der Waals surface area contributed by atoms with E-state index in [-0.39, 0.29) is 0 Å². The third-order valence-corrected chi connectivity index (χ3v) is 3.20. The van der Waals surface area contributed by atoms with Crippen LogP contribution in [0.4, 0.5) is 0 Å². The van der Waals surface area contributed by atoms with Gasteiger partial charge >= 0.3 is 0 Å². The van der Waals surface area contributed by atoms with Crippen LogP contribution in [-0.4, -0.2) is 21.5 Å². The Morgan fingerprint density at radius 1 is 1.29 bits per heavy atom. The summed E-state index contributed by atoms with van der Waals surface area (Å²) in [6.07, 6.45) is 2.72. The summed E-state index contributed by atoms with van der Waals surface area (Å²) in [5, 5.41) is 3.30. The molecule has 0 saturated heterocycles. The molecule has 2 aromatic heterocycles. The van der Waals surface area contributed by atoms with Crippen molar-refractivity contribution < 1.29 is 0 Å². The van der Waals surface area contributed by atoms with Crippen LogP contribution in [0.5, 0.6) is 0 Å². The van der Waals surface area contributed by atoms with Crippen LogP contribution in [0.15, 0.2) is 24.4 Å². The summed E-state index contributed by atoms with van der Waals surface area (Å²) in [6.45, 7) is 1.78. The lowest BCUT2D eigenvalue weighted by atomic mass is 10.1. The fourth-order valence-electron chi connectivity index (χ4n) is 1.99. The van der Waals surface area contributed by atoms with Crippen LogP contribution in [0.3, 0.4) is 0 Å². The molecule has 1 aliphatic heterocycles. The molecule has 17 heavy (non-hydrogen) atoms. The van der Waals surface area contributed by atoms with E-state index < -0.39 is 0 Å². The van der Waals surface area contributed by atoms with Gasteiger partial charge in [0.15, 0.2) is 5.82 Å². The van der Waals surface area contributed by atoms with Crippen molar-refractivity contribution in [2.75, 3.05) is 6.54 Å². The maximum absolute atomic E-state index is 5.33. The van der Waals surface area contributed by atoms with E-state index in [4.69, 9.17) is 12.2 Å². The van der Waals surface area contributed by atoms with E-state index in [1.54, 1.807) is 6.20 Å². The molecule has 2 N–H and O–H groups in total. The first kappa shape index (κ1) is 10.6. The molecule has 0 saturated carbocycles. The van der Waals surface area contributed by atoms with E-state index in [2.05, 4.69) is 20.3 Å². The lowest BCUT2D eigenvalue weighted by Gasteiger charge is -2.17. The normalized spacial score (nSPS) is 14.4. The van der Waals surface area contributed by atoms with Crippen LogP contribution < -0.4 is 5.32 Å². The van der Waals surface area contributed by atoms with Crippen LogP contribution in [-0.2, 0) is 13.0 Å². The fourth-order valence-corrected chi connectivity index (χ4v) is 2.28. The molecule has 86 valence electrons. The van der Waals surface area contributed by atoms with Gasteiger partial charge in [0.05, 0.1) is 0 Å². The third kappa shape index (κ3) is 1.99. The highest BCUT2D eigenvalue weighted by atomic mass is 32.1. The van der Waals surface area contributed by atoms with E-state index in [0.29, 0.717) is 4.64 Å². The van der Waals surface area contributed by atoms with Crippen molar-refractivity contribution in [1.82, 2.24) is 20.3 Å². The highest BCUT2D eigenvalue weighted by molar-refractivity contribution is 7.71. The number of aromatic amines is 1. The average molecular weight is 244 g/mol. The molecule has 0 fully saturated rings. The lowest BCUT2D eigenvalue weighted by Crippen LogP contribution is -2.25. The van der Waals surface area contributed by atoms with Crippen LogP contribution in [0.2, 0.25) is 0 Å². The second-order valence-corrected chi connectivity index (χ2v) is 4.38. The summed E-state index contributed by atoms with van der Waals surface area (Å²) in [5.74, 6) is 0.760. The number of hydrogen-bond acceptors (Lipinski definition) is 4. The summed E-state index contributed by atoms with van der Waals surface area (Å²) in [6, 6.07) is 5.77. The Bertz CT molecular complexity index is 591. The molecule has 0 atom stereocenters. The van der Waals surface area contributed by atoms with Crippen LogP contribution in [0, 0.1) is 4.64 Å². The van der Waals surface area contributed by atoms with Gasteiger partial charge in [-0.3, -0.25) is 4.98 Å². The van der Waals surface area contributed by atoms with Gasteiger partial charge in [-0.05, 0) is 12.1 Å². The monoisotopic (exact) mass is 244 g/mol. The molecule has 1 aliphatic rings. The molecule has 0 aromatic carbocycles. The molecule has 0 bridgehead atoms. The Morgan fingerprint density at radius 3 is 3.06 bits per heavy atom. The number of nitrogens with zero attached hydrogens (tertiary/aromatic N) is 2. The van der Waals surface area contributed by atoms with Gasteiger partial charge in [0.1, 0.15) is 10.3 Å². The predicted molar refractivity (Wildman–Crippen MR) is 68.1 cm³/mol. The molecule has 5 heteroatoms. The van der Waals surface area contributed by atoms with Crippen LogP contribution in [0.25, 0.3) is 11.5 Å². The van der Waals surface area contributed by atoms with Crippen molar-refractivity contribution in [2.24, 2.45) is 0 Å². The first-order valence-electron chi connectivity index (χ1n) is 5.59. The Kier molecular flexibility index (Phi) is 2.70. The Labute approximate surface area is 104 Å². The van der Waals surface area contributed by atoms with E-state index in [9.17, 15) is 0 Å². The Hall–Kier alpha value is -1.59. The zero-order chi connectivity index (χ0) is 11.7. The van der Waals surface area contributed by atoms with Crippen molar-refractivity contribution in [3.05, 3.63) is 40.3 Å². The Balaban J connectivity index is 2.14. The van der Waals surface area contributed by atoms with Gasteiger partial charge in [0, 0.05) is 37.0 Å². The summed E-state index contributed by atoms with van der Waals surface area (Å²) in [4.78, 5) is 12.0. The number of H-pyrrole nitrogens is 1. The first-order chi connectivity index (χ1) is 8.34. The minimum absolute atomic E-state index is 0.673. The maximum Gasteiger partial charge on any atom is 0.157 e. The largest absolute Gasteiger partial charge is 0.341 e. The lowest BCUT2D eigenvalue weighted by molar-refractivity contribution is 0.624. The van der Waals surface area contributed by atoms with Crippen molar-refractivity contribution in [3.8, 4) is 11.5 Å². The summed E-state index contributed by atoms with van der Waals surface area (Å²) >= 11 is 5.33. The minimum atomic E-state index is 0.673. The quantitative estimate of drug-likeness (QED) is 0.752. The zero-order valence-corrected chi connectivity index (χ0v) is 10.0. The van der Waals surface area contributed by atoms with Gasteiger partial charge in [0.25, 0.3) is 0 Å². The van der Waals surface area contributed by atoms with Gasteiger partial charge in [0.2, 0.25) is 0 Å². The molecule has 0 spiro atoms. The molecule has 0 radical (unpaired) electrons. The number of rotatable bonds is 1. The van der Waals surface area contributed by atoms with Crippen molar-refractivity contribution in [3.63, 3.8) is 0 Å². The van der Waals surface area contributed by atoms with Gasteiger partial charge < -0.3 is 10.3 Å². The first-order valence-corrected chi connectivity index (χ1v) is 5.99. The van der Waals surface area contributed by atoms with Crippen molar-refractivity contribution in [2.45, 2.75) is 13.0 Å². The molecular weight excluding hydrogens is 232 g/mol. The van der Waals surface area contributed by atoms with E-state index in [0.717, 1.165) is 36.6 Å². The second kappa shape index (κ2) is 4.35. The van der Waals surface area contributed by atoms with Gasteiger partial charge in [-0.1, -0.05) is 18.3 Å². The fraction of sp³-hybridized carbons (Fsp3) is 0.250. The van der Waals surface area contributed by atoms with E-state index >= 15 is 0 Å². The molecule has 4 nitrogen and oxygen atoms in total. The highest BCUT2D eigenvalue weighted by Gasteiger charge is 2.13. The molecular formula is C12H12N4S. The summed E-state index contributed by atoms with van der Waals surface area (Å²) < 4.78 is 0.673. The Morgan fingerprint density at radius 2 is 2.24 bits per heavy atom. The SMILES string of the molecule is S=c1nc(-c2ccccn2)[nH]c2c1CNCC2. The number of fused-ring (bicyclic) bond motifs is 1. The van der Waals surface area contributed by atoms with Crippen molar-refractivity contribution >= 4 is 12.2 Å². The topological polar surface area (TPSA) is 53.6 Å². The van der Waals surface area contributed by atoms with Crippen LogP contribution >= 0.6 is 12.2 Å². The summed E-state index contributed by atoms with van der Waals surface area (Å²) in [5.41, 5.74) is 3.13. The zero-order valence-electron chi connectivity index (χ0n) is 9.23. The smallest absolute Gasteiger partial charge is 0.157 e. The molecule has 3 rings (SSSR count). The summed E-state index contributed by atoms with van der Waals surface area (Å²) in [7, 11) is 0. The number of hydrogen-bond donors (Lipinski definition) is 2. The van der Waals surface area contributed by atoms with Crippen molar-refractivity contribution in [1.29, 1.82) is 0 Å². The third-order valence-electron chi connectivity index (χ3n) is 2.87. The van der Waals surface area contributed by atoms with Gasteiger partial charge in [-0.2, -0.15) is 0 Å². The van der Waals surface area contributed by atoms with E-state index in [1.807, 2.05) is 18.2 Å². The van der Waals surface area contributed by atoms with Crippen LogP contribution in [0.1, 0.15) is 11.3 Å². The molecule has 3 heterocycles. The molecule has 0 amide bonds. The van der Waals surface area contributed by atoms with Gasteiger partial charge in [-0.25, -0.2) is 4.98 Å². The minimum Gasteiger partial charge on any atom is -0.341 e. The second-order valence-electron chi connectivity index (χ2n) is 3.99. The predicted octanol–water partition coefficient (Wildman–Crippen LogP) is 1.85. The average Bonchev–Trinajstić information content (AvgIpc) is 2.40. The standard InChI is InChI=1S/C12H12N4S/c17-12-8-7-13-6-4-9(8)15-11(16-12)10-3-1-2-5-14-10/h1-3,5,13H,4,6-7H2,(H,15,16,17). The maximum atomic E-state index is 5.33. The molecule has 2 aromatic rings. The molecule has 0 aliphatic carbocycles. The molecule has 0 unspecified atom stereocenters. The highest BCUT2D eigenvalue weighted by Crippen LogP contribution is 2.17.